The van der Waals surface area contributed by atoms with Crippen molar-refractivity contribution in [1.29, 1.82) is 5.26 Å². The minimum atomic E-state index is -0.143. The number of hydrogen-bond acceptors (Lipinski definition) is 2. The van der Waals surface area contributed by atoms with E-state index in [2.05, 4.69) is 11.4 Å². The van der Waals surface area contributed by atoms with Crippen LogP contribution in [0.5, 0.6) is 0 Å². The first-order valence-electron chi connectivity index (χ1n) is 5.59. The van der Waals surface area contributed by atoms with Gasteiger partial charge in [0.15, 0.2) is 0 Å². The average Bonchev–Trinajstić information content (AvgIpc) is 2.78. The quantitative estimate of drug-likeness (QED) is 0.893. The smallest absolute Gasteiger partial charge is 0.272 e. The maximum Gasteiger partial charge on any atom is 0.272 e. The first-order valence-corrected chi connectivity index (χ1v) is 5.59. The molecule has 2 aromatic rings. The van der Waals surface area contributed by atoms with Gasteiger partial charge < -0.3 is 9.88 Å². The summed E-state index contributed by atoms with van der Waals surface area (Å²) in [6.07, 6.45) is 2.21. The second-order valence-corrected chi connectivity index (χ2v) is 3.99. The predicted molar refractivity (Wildman–Crippen MR) is 69.1 cm³/mol. The lowest BCUT2D eigenvalue weighted by Gasteiger charge is -2.06. The first-order chi connectivity index (χ1) is 8.70. The molecule has 0 atom stereocenters. The van der Waals surface area contributed by atoms with Crippen LogP contribution in [0, 0.1) is 11.3 Å². The zero-order valence-corrected chi connectivity index (χ0v) is 10.1. The molecule has 4 heteroatoms. The summed E-state index contributed by atoms with van der Waals surface area (Å²) >= 11 is 0. The van der Waals surface area contributed by atoms with E-state index in [-0.39, 0.29) is 5.91 Å². The second kappa shape index (κ2) is 5.19. The van der Waals surface area contributed by atoms with Gasteiger partial charge in [-0.3, -0.25) is 4.79 Å². The molecule has 1 aromatic carbocycles. The van der Waals surface area contributed by atoms with E-state index < -0.39 is 0 Å². The highest BCUT2D eigenvalue weighted by Crippen LogP contribution is 2.11. The molecule has 0 saturated carbocycles. The predicted octanol–water partition coefficient (Wildman–Crippen LogP) is 2.34. The molecule has 1 heterocycles. The lowest BCUT2D eigenvalue weighted by molar-refractivity contribution is 0.101. The maximum atomic E-state index is 11.9. The van der Waals surface area contributed by atoms with Crippen molar-refractivity contribution in [3.05, 3.63) is 53.9 Å². The summed E-state index contributed by atoms with van der Waals surface area (Å²) < 4.78 is 1.76. The summed E-state index contributed by atoms with van der Waals surface area (Å²) in [5.74, 6) is -0.143. The van der Waals surface area contributed by atoms with Gasteiger partial charge in [0.2, 0.25) is 0 Å². The summed E-state index contributed by atoms with van der Waals surface area (Å²) in [7, 11) is 1.82. The monoisotopic (exact) mass is 239 g/mol. The molecule has 0 unspecified atom stereocenters. The maximum absolute atomic E-state index is 11.9. The van der Waals surface area contributed by atoms with E-state index in [9.17, 15) is 4.79 Å². The SMILES string of the molecule is Cn1cccc1C(=O)Nc1ccc(CC#N)cc1. The van der Waals surface area contributed by atoms with Crippen molar-refractivity contribution in [2.24, 2.45) is 7.05 Å². The van der Waals surface area contributed by atoms with E-state index in [1.807, 2.05) is 31.4 Å². The molecule has 0 spiro atoms. The van der Waals surface area contributed by atoms with E-state index in [0.29, 0.717) is 12.1 Å². The minimum absolute atomic E-state index is 0.143. The van der Waals surface area contributed by atoms with E-state index >= 15 is 0 Å². The number of nitrogens with one attached hydrogen (secondary N) is 1. The molecule has 0 radical (unpaired) electrons. The van der Waals surface area contributed by atoms with Gasteiger partial charge in [0, 0.05) is 18.9 Å². The fourth-order valence-electron chi connectivity index (χ4n) is 1.69. The molecule has 2 rings (SSSR count). The topological polar surface area (TPSA) is 57.8 Å². The fourth-order valence-corrected chi connectivity index (χ4v) is 1.69. The Labute approximate surface area is 105 Å². The van der Waals surface area contributed by atoms with Gasteiger partial charge >= 0.3 is 0 Å². The molecule has 4 nitrogen and oxygen atoms in total. The van der Waals surface area contributed by atoms with Crippen molar-refractivity contribution >= 4 is 11.6 Å². The first kappa shape index (κ1) is 11.9. The molecular weight excluding hydrogens is 226 g/mol. The van der Waals surface area contributed by atoms with Crippen molar-refractivity contribution in [2.75, 3.05) is 5.32 Å². The summed E-state index contributed by atoms with van der Waals surface area (Å²) in [5.41, 5.74) is 2.27. The number of nitriles is 1. The van der Waals surface area contributed by atoms with Crippen LogP contribution in [0.4, 0.5) is 5.69 Å². The van der Waals surface area contributed by atoms with E-state index in [1.54, 1.807) is 22.8 Å². The number of hydrogen-bond donors (Lipinski definition) is 1. The Kier molecular flexibility index (Phi) is 3.44. The van der Waals surface area contributed by atoms with Crippen LogP contribution in [0.1, 0.15) is 16.1 Å². The lowest BCUT2D eigenvalue weighted by Crippen LogP contribution is -2.15. The molecule has 0 fully saturated rings. The molecule has 0 aliphatic heterocycles. The van der Waals surface area contributed by atoms with E-state index in [0.717, 1.165) is 11.3 Å². The third-order valence-corrected chi connectivity index (χ3v) is 2.67. The standard InChI is InChI=1S/C14H13N3O/c1-17-10-2-3-13(17)14(18)16-12-6-4-11(5-7-12)8-9-15/h2-7,10H,8H2,1H3,(H,16,18). The van der Waals surface area contributed by atoms with Crippen molar-refractivity contribution in [3.8, 4) is 6.07 Å². The molecule has 90 valence electrons. The van der Waals surface area contributed by atoms with Gasteiger partial charge in [-0.2, -0.15) is 5.26 Å². The van der Waals surface area contributed by atoms with Gasteiger partial charge in [-0.25, -0.2) is 0 Å². The third-order valence-electron chi connectivity index (χ3n) is 2.67. The van der Waals surface area contributed by atoms with Gasteiger partial charge in [-0.05, 0) is 29.8 Å². The molecule has 0 aliphatic rings. The van der Waals surface area contributed by atoms with Gasteiger partial charge in [0.05, 0.1) is 12.5 Å². The van der Waals surface area contributed by atoms with Crippen LogP contribution in [0.2, 0.25) is 0 Å². The fraction of sp³-hybridized carbons (Fsp3) is 0.143. The number of carbonyl (C=O) groups is 1. The summed E-state index contributed by atoms with van der Waals surface area (Å²) in [4.78, 5) is 11.9. The summed E-state index contributed by atoms with van der Waals surface area (Å²) in [6.45, 7) is 0. The number of aryl methyl sites for hydroxylation is 1. The number of benzene rings is 1. The Morgan fingerprint density at radius 1 is 1.33 bits per heavy atom. The Bertz CT molecular complexity index is 590. The van der Waals surface area contributed by atoms with E-state index in [4.69, 9.17) is 5.26 Å². The highest BCUT2D eigenvalue weighted by Gasteiger charge is 2.08. The van der Waals surface area contributed by atoms with Crippen LogP contribution in [-0.4, -0.2) is 10.5 Å². The van der Waals surface area contributed by atoms with Crippen LogP contribution in [0.15, 0.2) is 42.6 Å². The molecule has 1 amide bonds. The molecule has 1 aromatic heterocycles. The second-order valence-electron chi connectivity index (χ2n) is 3.99. The average molecular weight is 239 g/mol. The molecular formula is C14H13N3O. The highest BCUT2D eigenvalue weighted by atomic mass is 16.1. The Balaban J connectivity index is 2.08. The zero-order valence-electron chi connectivity index (χ0n) is 10.1. The Morgan fingerprint density at radius 3 is 2.61 bits per heavy atom. The molecule has 0 aliphatic carbocycles. The number of carbonyl (C=O) groups excluding carboxylic acids is 1. The van der Waals surface area contributed by atoms with Crippen LogP contribution in [0.3, 0.4) is 0 Å². The van der Waals surface area contributed by atoms with Gasteiger partial charge in [0.25, 0.3) is 5.91 Å². The van der Waals surface area contributed by atoms with Crippen LogP contribution in [0.25, 0.3) is 0 Å². The molecule has 0 saturated heterocycles. The molecule has 1 N–H and O–H groups in total. The number of rotatable bonds is 3. The third kappa shape index (κ3) is 2.58. The van der Waals surface area contributed by atoms with Gasteiger partial charge in [0.1, 0.15) is 5.69 Å². The number of aromatic nitrogens is 1. The van der Waals surface area contributed by atoms with Crippen molar-refractivity contribution in [2.45, 2.75) is 6.42 Å². The van der Waals surface area contributed by atoms with Crippen LogP contribution >= 0.6 is 0 Å². The summed E-state index contributed by atoms with van der Waals surface area (Å²) in [6, 6.07) is 12.9. The molecule has 0 bridgehead atoms. The van der Waals surface area contributed by atoms with Crippen molar-refractivity contribution in [1.82, 2.24) is 4.57 Å². The lowest BCUT2D eigenvalue weighted by atomic mass is 10.1. The van der Waals surface area contributed by atoms with Gasteiger partial charge in [-0.15, -0.1) is 0 Å². The zero-order chi connectivity index (χ0) is 13.0. The minimum Gasteiger partial charge on any atom is -0.347 e. The van der Waals surface area contributed by atoms with Crippen molar-refractivity contribution in [3.63, 3.8) is 0 Å². The summed E-state index contributed by atoms with van der Waals surface area (Å²) in [5, 5.41) is 11.4. The normalized spacial score (nSPS) is 9.78. The van der Waals surface area contributed by atoms with Crippen LogP contribution in [-0.2, 0) is 13.5 Å². The Hall–Kier alpha value is -2.54. The Morgan fingerprint density at radius 2 is 2.06 bits per heavy atom. The number of amides is 1. The van der Waals surface area contributed by atoms with Gasteiger partial charge in [-0.1, -0.05) is 12.1 Å². The highest BCUT2D eigenvalue weighted by molar-refractivity contribution is 6.03. The van der Waals surface area contributed by atoms with Crippen molar-refractivity contribution < 1.29 is 4.79 Å². The number of nitrogens with zero attached hydrogens (tertiary/aromatic N) is 2. The molecule has 18 heavy (non-hydrogen) atoms. The van der Waals surface area contributed by atoms with E-state index in [1.165, 1.54) is 0 Å². The number of anilines is 1. The largest absolute Gasteiger partial charge is 0.347 e. The van der Waals surface area contributed by atoms with Crippen LogP contribution < -0.4 is 5.32 Å².